The molecule has 10 heteroatoms. The van der Waals surface area contributed by atoms with E-state index in [0.29, 0.717) is 23.7 Å². The molecular weight excluding hydrogens is 436 g/mol. The molecular formula is C22H22N2O7S. The van der Waals surface area contributed by atoms with Gasteiger partial charge in [-0.25, -0.2) is 0 Å². The van der Waals surface area contributed by atoms with Crippen molar-refractivity contribution in [2.75, 3.05) is 13.2 Å². The van der Waals surface area contributed by atoms with E-state index in [1.165, 1.54) is 12.1 Å². The Morgan fingerprint density at radius 1 is 1.25 bits per heavy atom. The Bertz CT molecular complexity index is 1120. The fourth-order valence-electron chi connectivity index (χ4n) is 3.00. The number of carbonyl (C=O) groups is 3. The fourth-order valence-corrected chi connectivity index (χ4v) is 3.81. The van der Waals surface area contributed by atoms with Crippen LogP contribution in [0.4, 0.5) is 10.5 Å². The molecule has 2 amide bonds. The first-order chi connectivity index (χ1) is 15.2. The second kappa shape index (κ2) is 9.82. The van der Waals surface area contributed by atoms with Gasteiger partial charge in [-0.15, -0.1) is 0 Å². The first-order valence-electron chi connectivity index (χ1n) is 9.98. The average Bonchev–Trinajstić information content (AvgIpc) is 3.30. The number of benzene rings is 1. The number of hydrogen-bond acceptors (Lipinski definition) is 8. The van der Waals surface area contributed by atoms with Crippen molar-refractivity contribution in [3.8, 4) is 11.3 Å². The van der Waals surface area contributed by atoms with E-state index >= 15 is 0 Å². The number of thioether (sulfide) groups is 1. The third-order valence-electron chi connectivity index (χ3n) is 4.90. The Labute approximate surface area is 188 Å². The van der Waals surface area contributed by atoms with Gasteiger partial charge >= 0.3 is 5.97 Å². The smallest absolute Gasteiger partial charge is 0.326 e. The lowest BCUT2D eigenvalue weighted by atomic mass is 10.0. The molecule has 0 N–H and O–H groups in total. The summed E-state index contributed by atoms with van der Waals surface area (Å²) < 4.78 is 10.7. The summed E-state index contributed by atoms with van der Waals surface area (Å²) in [7, 11) is 0. The maximum Gasteiger partial charge on any atom is 0.326 e. The van der Waals surface area contributed by atoms with Gasteiger partial charge in [0.15, 0.2) is 0 Å². The van der Waals surface area contributed by atoms with E-state index < -0.39 is 28.6 Å². The molecule has 0 unspecified atom stereocenters. The zero-order valence-electron chi connectivity index (χ0n) is 17.9. The molecule has 2 aromatic rings. The predicted octanol–water partition coefficient (Wildman–Crippen LogP) is 4.85. The Balaban J connectivity index is 1.79. The van der Waals surface area contributed by atoms with Gasteiger partial charge in [0.25, 0.3) is 16.8 Å². The van der Waals surface area contributed by atoms with Crippen LogP contribution in [0.5, 0.6) is 0 Å². The second-order valence-corrected chi connectivity index (χ2v) is 8.25. The molecule has 2 heterocycles. The number of nitrogens with zero attached hydrogens (tertiary/aromatic N) is 2. The van der Waals surface area contributed by atoms with Crippen LogP contribution in [0.3, 0.4) is 0 Å². The molecule has 1 fully saturated rings. The topological polar surface area (TPSA) is 120 Å². The molecule has 0 atom stereocenters. The summed E-state index contributed by atoms with van der Waals surface area (Å²) in [6, 6.07) is 6.28. The zero-order valence-corrected chi connectivity index (χ0v) is 18.7. The monoisotopic (exact) mass is 458 g/mol. The summed E-state index contributed by atoms with van der Waals surface area (Å²) in [5.74, 6) is -0.750. The lowest BCUT2D eigenvalue weighted by Crippen LogP contribution is -2.34. The summed E-state index contributed by atoms with van der Waals surface area (Å²) >= 11 is 0.687. The molecule has 9 nitrogen and oxygen atoms in total. The summed E-state index contributed by atoms with van der Waals surface area (Å²) in [6.07, 6.45) is 2.94. The van der Waals surface area contributed by atoms with E-state index in [2.05, 4.69) is 0 Å². The predicted molar refractivity (Wildman–Crippen MR) is 119 cm³/mol. The Morgan fingerprint density at radius 2 is 1.97 bits per heavy atom. The van der Waals surface area contributed by atoms with Crippen molar-refractivity contribution in [3.05, 3.63) is 56.2 Å². The number of nitro benzene ring substituents is 1. The lowest BCUT2D eigenvalue weighted by molar-refractivity contribution is -0.384. The molecule has 3 rings (SSSR count). The minimum Gasteiger partial charge on any atom is -0.464 e. The van der Waals surface area contributed by atoms with Crippen molar-refractivity contribution in [3.63, 3.8) is 0 Å². The average molecular weight is 458 g/mol. The zero-order chi connectivity index (χ0) is 23.4. The Kier molecular flexibility index (Phi) is 7.14. The van der Waals surface area contributed by atoms with Gasteiger partial charge < -0.3 is 9.15 Å². The first-order valence-corrected chi connectivity index (χ1v) is 10.8. The quantitative estimate of drug-likeness (QED) is 0.181. The van der Waals surface area contributed by atoms with Gasteiger partial charge in [-0.1, -0.05) is 13.3 Å². The molecule has 32 heavy (non-hydrogen) atoms. The molecule has 1 saturated heterocycles. The second-order valence-electron chi connectivity index (χ2n) is 7.25. The normalized spacial score (nSPS) is 15.0. The van der Waals surface area contributed by atoms with Crippen molar-refractivity contribution in [2.45, 2.75) is 33.6 Å². The van der Waals surface area contributed by atoms with E-state index in [4.69, 9.17) is 9.15 Å². The summed E-state index contributed by atoms with van der Waals surface area (Å²) in [6.45, 7) is 5.36. The van der Waals surface area contributed by atoms with Gasteiger partial charge in [-0.3, -0.25) is 29.4 Å². The number of imide groups is 1. The van der Waals surface area contributed by atoms with Crippen LogP contribution in [0.2, 0.25) is 0 Å². The number of unbranched alkanes of at least 4 members (excludes halogenated alkanes) is 1. The van der Waals surface area contributed by atoms with E-state index in [1.54, 1.807) is 25.1 Å². The number of esters is 1. The molecule has 0 aliphatic carbocycles. The van der Waals surface area contributed by atoms with Crippen LogP contribution in [0, 0.1) is 24.0 Å². The fraction of sp³-hybridized carbons (Fsp3) is 0.318. The highest BCUT2D eigenvalue weighted by Gasteiger charge is 2.37. The molecule has 1 aliphatic heterocycles. The summed E-state index contributed by atoms with van der Waals surface area (Å²) in [4.78, 5) is 48.5. The molecule has 1 aromatic carbocycles. The van der Waals surface area contributed by atoms with Crippen LogP contribution >= 0.6 is 11.8 Å². The lowest BCUT2D eigenvalue weighted by Gasteiger charge is -2.11. The van der Waals surface area contributed by atoms with Crippen molar-refractivity contribution < 1.29 is 28.5 Å². The molecule has 1 aliphatic rings. The maximum absolute atomic E-state index is 12.6. The summed E-state index contributed by atoms with van der Waals surface area (Å²) in [5.41, 5.74) is 1.89. The van der Waals surface area contributed by atoms with Gasteiger partial charge in [0.1, 0.15) is 18.1 Å². The number of rotatable bonds is 8. The van der Waals surface area contributed by atoms with Crippen molar-refractivity contribution in [1.82, 2.24) is 4.90 Å². The van der Waals surface area contributed by atoms with Crippen LogP contribution in [-0.4, -0.2) is 40.1 Å². The van der Waals surface area contributed by atoms with Gasteiger partial charge in [0.2, 0.25) is 0 Å². The maximum atomic E-state index is 12.6. The first kappa shape index (κ1) is 23.3. The van der Waals surface area contributed by atoms with Crippen molar-refractivity contribution in [2.24, 2.45) is 0 Å². The van der Waals surface area contributed by atoms with Crippen LogP contribution in [0.1, 0.15) is 36.7 Å². The van der Waals surface area contributed by atoms with E-state index in [9.17, 15) is 24.5 Å². The van der Waals surface area contributed by atoms with Crippen LogP contribution in [0.15, 0.2) is 33.6 Å². The van der Waals surface area contributed by atoms with Crippen molar-refractivity contribution in [1.29, 1.82) is 0 Å². The molecule has 0 spiro atoms. The molecule has 0 saturated carbocycles. The van der Waals surface area contributed by atoms with Gasteiger partial charge in [-0.05, 0) is 61.4 Å². The molecule has 0 radical (unpaired) electrons. The highest BCUT2D eigenvalue weighted by Crippen LogP contribution is 2.36. The number of nitro groups is 1. The highest BCUT2D eigenvalue weighted by atomic mass is 32.2. The number of furan rings is 1. The Hall–Kier alpha value is -3.40. The van der Waals surface area contributed by atoms with Crippen LogP contribution in [-0.2, 0) is 14.3 Å². The molecule has 168 valence electrons. The highest BCUT2D eigenvalue weighted by molar-refractivity contribution is 8.18. The third-order valence-corrected chi connectivity index (χ3v) is 5.80. The standard InChI is InChI=1S/C22H22N2O7S/c1-4-5-8-30-20(25)12-23-21(26)19(32-22(23)27)11-15-6-7-18(31-15)16-9-13(2)14(3)10-17(16)24(28)29/h6-7,9-11H,4-5,8,12H2,1-3H3/b19-11-. The van der Waals surface area contributed by atoms with Crippen molar-refractivity contribution >= 4 is 40.6 Å². The molecule has 0 bridgehead atoms. The Morgan fingerprint density at radius 3 is 2.66 bits per heavy atom. The van der Waals surface area contributed by atoms with Gasteiger partial charge in [0, 0.05) is 12.1 Å². The summed E-state index contributed by atoms with van der Waals surface area (Å²) in [5, 5.41) is 10.9. The number of carbonyl (C=O) groups excluding carboxylic acids is 3. The van der Waals surface area contributed by atoms with Gasteiger partial charge in [0.05, 0.1) is 22.0 Å². The number of hydrogen-bond donors (Lipinski definition) is 0. The third kappa shape index (κ3) is 5.08. The number of ether oxygens (including phenoxy) is 1. The van der Waals surface area contributed by atoms with Crippen LogP contribution in [0.25, 0.3) is 17.4 Å². The van der Waals surface area contributed by atoms with Gasteiger partial charge in [-0.2, -0.15) is 0 Å². The van der Waals surface area contributed by atoms with E-state index in [0.717, 1.165) is 22.4 Å². The largest absolute Gasteiger partial charge is 0.464 e. The van der Waals surface area contributed by atoms with E-state index in [1.807, 2.05) is 13.8 Å². The van der Waals surface area contributed by atoms with Crippen LogP contribution < -0.4 is 0 Å². The minimum atomic E-state index is -0.649. The minimum absolute atomic E-state index is 0.0871. The molecule has 1 aromatic heterocycles. The number of aryl methyl sites for hydroxylation is 2. The number of amides is 2. The SMILES string of the molecule is CCCCOC(=O)CN1C(=O)S/C(=C\c2ccc(-c3cc(C)c(C)cc3[N+](=O)[O-])o2)C1=O. The van der Waals surface area contributed by atoms with E-state index in [-0.39, 0.29) is 28.7 Å².